The lowest BCUT2D eigenvalue weighted by molar-refractivity contribution is 0.0376. The number of aliphatic hydroxyl groups is 1. The largest absolute Gasteiger partial charge is 0.494 e. The number of nitrogen functional groups attached to an aromatic ring is 1. The first kappa shape index (κ1) is 15.2. The average molecular weight is 269 g/mol. The van der Waals surface area contributed by atoms with Gasteiger partial charge in [0.2, 0.25) is 0 Å². The summed E-state index contributed by atoms with van der Waals surface area (Å²) in [5.41, 5.74) is 5.96. The van der Waals surface area contributed by atoms with Crippen molar-refractivity contribution >= 4 is 17.4 Å². The first-order valence-electron chi connectivity index (χ1n) is 6.24. The molecule has 1 aromatic rings. The molecule has 102 valence electrons. The Kier molecular flexibility index (Phi) is 5.35. The molecule has 1 unspecified atom stereocenters. The Hall–Kier alpha value is -0.870. The summed E-state index contributed by atoms with van der Waals surface area (Å²) in [5.74, 6) is 1.64. The van der Waals surface area contributed by atoms with Gasteiger partial charge in [0, 0.05) is 16.3 Å². The van der Waals surface area contributed by atoms with E-state index in [1.165, 1.54) is 0 Å². The number of anilines is 1. The van der Waals surface area contributed by atoms with Gasteiger partial charge in [-0.15, -0.1) is 11.8 Å². The van der Waals surface area contributed by atoms with E-state index in [1.54, 1.807) is 11.8 Å². The van der Waals surface area contributed by atoms with Gasteiger partial charge >= 0.3 is 0 Å². The molecule has 0 bridgehead atoms. The van der Waals surface area contributed by atoms with Crippen molar-refractivity contribution in [1.29, 1.82) is 0 Å². The van der Waals surface area contributed by atoms with Crippen LogP contribution in [0.4, 0.5) is 5.69 Å². The number of benzene rings is 1. The molecule has 0 aliphatic heterocycles. The van der Waals surface area contributed by atoms with Crippen LogP contribution in [0.1, 0.15) is 27.7 Å². The van der Waals surface area contributed by atoms with Gasteiger partial charge in [0.25, 0.3) is 0 Å². The van der Waals surface area contributed by atoms with Gasteiger partial charge < -0.3 is 15.6 Å². The zero-order chi connectivity index (χ0) is 13.8. The molecule has 18 heavy (non-hydrogen) atoms. The van der Waals surface area contributed by atoms with E-state index >= 15 is 0 Å². The van der Waals surface area contributed by atoms with Crippen molar-refractivity contribution in [3.05, 3.63) is 18.2 Å². The summed E-state index contributed by atoms with van der Waals surface area (Å²) >= 11 is 1.57. The van der Waals surface area contributed by atoms with Crippen LogP contribution in [-0.2, 0) is 0 Å². The Bertz CT molecular complexity index is 391. The molecule has 0 spiro atoms. The van der Waals surface area contributed by atoms with Gasteiger partial charge in [-0.1, -0.05) is 13.8 Å². The molecule has 0 heterocycles. The minimum atomic E-state index is -0.696. The maximum atomic E-state index is 10.2. The van der Waals surface area contributed by atoms with E-state index in [9.17, 15) is 5.11 Å². The van der Waals surface area contributed by atoms with Crippen LogP contribution in [0.2, 0.25) is 0 Å². The molecular formula is C14H23NO2S. The van der Waals surface area contributed by atoms with E-state index < -0.39 is 5.60 Å². The van der Waals surface area contributed by atoms with Crippen molar-refractivity contribution in [2.24, 2.45) is 5.92 Å². The molecule has 4 heteroatoms. The molecule has 0 saturated heterocycles. The van der Waals surface area contributed by atoms with Crippen LogP contribution < -0.4 is 10.5 Å². The number of rotatable bonds is 6. The molecule has 3 nitrogen and oxygen atoms in total. The zero-order valence-corrected chi connectivity index (χ0v) is 12.4. The standard InChI is InChI=1S/C14H23NO2S/c1-5-17-11-6-7-12(15)13(8-11)18-9-14(4,16)10(2)3/h6-8,10,16H,5,9,15H2,1-4H3. The highest BCUT2D eigenvalue weighted by Crippen LogP contribution is 2.33. The van der Waals surface area contributed by atoms with Gasteiger partial charge in [0.05, 0.1) is 12.2 Å². The van der Waals surface area contributed by atoms with Crippen LogP contribution in [0.5, 0.6) is 5.75 Å². The van der Waals surface area contributed by atoms with E-state index in [-0.39, 0.29) is 5.92 Å². The number of thioether (sulfide) groups is 1. The van der Waals surface area contributed by atoms with E-state index in [0.717, 1.165) is 16.3 Å². The smallest absolute Gasteiger partial charge is 0.120 e. The lowest BCUT2D eigenvalue weighted by atomic mass is 9.95. The summed E-state index contributed by atoms with van der Waals surface area (Å²) in [4.78, 5) is 0.960. The molecule has 3 N–H and O–H groups in total. The number of hydrogen-bond donors (Lipinski definition) is 2. The van der Waals surface area contributed by atoms with Crippen LogP contribution >= 0.6 is 11.8 Å². The van der Waals surface area contributed by atoms with Crippen LogP contribution in [0, 0.1) is 5.92 Å². The van der Waals surface area contributed by atoms with E-state index in [2.05, 4.69) is 0 Å². The highest BCUT2D eigenvalue weighted by Gasteiger charge is 2.25. The maximum absolute atomic E-state index is 10.2. The Morgan fingerprint density at radius 1 is 1.44 bits per heavy atom. The first-order chi connectivity index (χ1) is 8.36. The molecule has 0 amide bonds. The number of ether oxygens (including phenoxy) is 1. The Labute approximate surface area is 114 Å². The number of hydrogen-bond acceptors (Lipinski definition) is 4. The molecule has 0 fully saturated rings. The van der Waals surface area contributed by atoms with Crippen LogP contribution in [0.25, 0.3) is 0 Å². The zero-order valence-electron chi connectivity index (χ0n) is 11.6. The third-order valence-corrected chi connectivity index (χ3v) is 4.45. The van der Waals surface area contributed by atoms with Crippen LogP contribution in [0.15, 0.2) is 23.1 Å². The van der Waals surface area contributed by atoms with Gasteiger partial charge in [0.15, 0.2) is 0 Å². The second-order valence-electron chi connectivity index (χ2n) is 4.93. The minimum absolute atomic E-state index is 0.210. The molecule has 1 aromatic carbocycles. The van der Waals surface area contributed by atoms with Gasteiger partial charge in [-0.05, 0) is 38.0 Å². The van der Waals surface area contributed by atoms with Gasteiger partial charge in [-0.2, -0.15) is 0 Å². The van der Waals surface area contributed by atoms with Crippen molar-refractivity contribution in [1.82, 2.24) is 0 Å². The minimum Gasteiger partial charge on any atom is -0.494 e. The highest BCUT2D eigenvalue weighted by atomic mass is 32.2. The van der Waals surface area contributed by atoms with E-state index in [0.29, 0.717) is 12.4 Å². The quantitative estimate of drug-likeness (QED) is 0.615. The van der Waals surface area contributed by atoms with Gasteiger partial charge in [0.1, 0.15) is 5.75 Å². The third-order valence-electron chi connectivity index (χ3n) is 3.06. The fraction of sp³-hybridized carbons (Fsp3) is 0.571. The Morgan fingerprint density at radius 3 is 2.67 bits per heavy atom. The molecule has 0 aliphatic rings. The van der Waals surface area contributed by atoms with Gasteiger partial charge in [-0.3, -0.25) is 0 Å². The normalized spacial score (nSPS) is 14.6. The molecular weight excluding hydrogens is 246 g/mol. The van der Waals surface area contributed by atoms with Crippen molar-refractivity contribution < 1.29 is 9.84 Å². The summed E-state index contributed by atoms with van der Waals surface area (Å²) in [6.45, 7) is 8.47. The second-order valence-corrected chi connectivity index (χ2v) is 5.95. The summed E-state index contributed by atoms with van der Waals surface area (Å²) in [7, 11) is 0. The van der Waals surface area contributed by atoms with E-state index in [1.807, 2.05) is 45.9 Å². The van der Waals surface area contributed by atoms with Crippen molar-refractivity contribution in [2.45, 2.75) is 38.2 Å². The fourth-order valence-corrected chi connectivity index (χ4v) is 2.50. The van der Waals surface area contributed by atoms with Gasteiger partial charge in [-0.25, -0.2) is 0 Å². The summed E-state index contributed by atoms with van der Waals surface area (Å²) in [6, 6.07) is 5.64. The van der Waals surface area contributed by atoms with Crippen molar-refractivity contribution in [3.8, 4) is 5.75 Å². The lowest BCUT2D eigenvalue weighted by Crippen LogP contribution is -2.33. The Morgan fingerprint density at radius 2 is 2.11 bits per heavy atom. The molecule has 0 saturated carbocycles. The predicted octanol–water partition coefficient (Wildman–Crippen LogP) is 3.17. The average Bonchev–Trinajstić information content (AvgIpc) is 2.30. The molecule has 0 aliphatic carbocycles. The van der Waals surface area contributed by atoms with Crippen molar-refractivity contribution in [3.63, 3.8) is 0 Å². The first-order valence-corrected chi connectivity index (χ1v) is 7.23. The summed E-state index contributed by atoms with van der Waals surface area (Å²) in [6.07, 6.45) is 0. The molecule has 0 aromatic heterocycles. The molecule has 1 atom stereocenters. The number of nitrogens with two attached hydrogens (primary N) is 1. The maximum Gasteiger partial charge on any atom is 0.120 e. The highest BCUT2D eigenvalue weighted by molar-refractivity contribution is 7.99. The van der Waals surface area contributed by atoms with Crippen molar-refractivity contribution in [2.75, 3.05) is 18.1 Å². The molecule has 1 rings (SSSR count). The SMILES string of the molecule is CCOc1ccc(N)c(SCC(C)(O)C(C)C)c1. The van der Waals surface area contributed by atoms with E-state index in [4.69, 9.17) is 10.5 Å². The van der Waals surface area contributed by atoms with Crippen LogP contribution in [-0.4, -0.2) is 23.1 Å². The lowest BCUT2D eigenvalue weighted by Gasteiger charge is -2.27. The van der Waals surface area contributed by atoms with Crippen LogP contribution in [0.3, 0.4) is 0 Å². The third kappa shape index (κ3) is 4.10. The summed E-state index contributed by atoms with van der Waals surface area (Å²) < 4.78 is 5.45. The predicted molar refractivity (Wildman–Crippen MR) is 78.2 cm³/mol. The second kappa shape index (κ2) is 6.34. The topological polar surface area (TPSA) is 55.5 Å². The summed E-state index contributed by atoms with van der Waals surface area (Å²) in [5, 5.41) is 10.2. The fourth-order valence-electron chi connectivity index (χ4n) is 1.29. The monoisotopic (exact) mass is 269 g/mol. The molecule has 0 radical (unpaired) electrons. The Balaban J connectivity index is 2.75.